The summed E-state index contributed by atoms with van der Waals surface area (Å²) in [6.45, 7) is 50.9. The van der Waals surface area contributed by atoms with Gasteiger partial charge in [-0.1, -0.05) is 397 Å². The Morgan fingerprint density at radius 2 is 0.406 bits per heavy atom. The molecule has 0 aromatic rings. The number of hydrogen-bond donors (Lipinski definition) is 0. The van der Waals surface area contributed by atoms with Crippen LogP contribution in [0.2, 0.25) is 0 Å². The second-order valence-electron chi connectivity index (χ2n) is 33.0. The molecule has 572 valence electrons. The van der Waals surface area contributed by atoms with Crippen molar-refractivity contribution >= 4 is 0 Å². The Kier molecular flexibility index (Phi) is 46.7. The largest absolute Gasteiger partial charge is 0.0683 e. The smallest absolute Gasteiger partial charge is 0.0171 e. The lowest BCUT2D eigenvalue weighted by atomic mass is 9.33. The number of hydrogen-bond acceptors (Lipinski definition) is 0. The summed E-state index contributed by atoms with van der Waals surface area (Å²) in [7, 11) is 0. The molecule has 16 fully saturated rings. The fraction of sp³-hybridized carbons (Fsp3) is 1.00. The predicted octanol–water partition coefficient (Wildman–Crippen LogP) is 33.2. The van der Waals surface area contributed by atoms with Crippen molar-refractivity contribution in [1.82, 2.24) is 0 Å². The zero-order valence-electron chi connectivity index (χ0n) is 71.4. The molecule has 24 unspecified atom stereocenters. The van der Waals surface area contributed by atoms with Crippen molar-refractivity contribution in [2.75, 3.05) is 0 Å². The van der Waals surface area contributed by atoms with Gasteiger partial charge in [-0.15, -0.1) is 0 Å². The highest BCUT2D eigenvalue weighted by atomic mass is 14.8. The Labute approximate surface area is 610 Å². The molecule has 0 bridgehead atoms. The lowest BCUT2D eigenvalue weighted by Gasteiger charge is -2.71. The summed E-state index contributed by atoms with van der Waals surface area (Å²) in [5.74, 6) is 26.9. The number of rotatable bonds is 4. The van der Waals surface area contributed by atoms with Crippen LogP contribution in [-0.2, 0) is 0 Å². The zero-order chi connectivity index (χ0) is 71.4. The maximum absolute atomic E-state index is 2.85. The highest BCUT2D eigenvalue weighted by Crippen LogP contribution is 2.82. The molecule has 0 saturated heterocycles. The lowest BCUT2D eigenvalue weighted by Crippen LogP contribution is -2.66. The van der Waals surface area contributed by atoms with Gasteiger partial charge in [-0.25, -0.2) is 0 Å². The molecule has 0 aromatic heterocycles. The van der Waals surface area contributed by atoms with Crippen molar-refractivity contribution in [2.45, 2.75) is 462 Å². The molecule has 16 rings (SSSR count). The van der Waals surface area contributed by atoms with Gasteiger partial charge >= 0.3 is 0 Å². The molecule has 0 heterocycles. The molecule has 0 nitrogen and oxygen atoms in total. The van der Waals surface area contributed by atoms with Crippen molar-refractivity contribution in [1.29, 1.82) is 0 Å². The van der Waals surface area contributed by atoms with E-state index < -0.39 is 0 Å². The fourth-order valence-corrected chi connectivity index (χ4v) is 29.9. The second kappa shape index (κ2) is 49.7. The quantitative estimate of drug-likeness (QED) is 0.263. The van der Waals surface area contributed by atoms with Gasteiger partial charge in [0, 0.05) is 0 Å². The average molecular weight is 1340 g/mol. The summed E-state index contributed by atoms with van der Waals surface area (Å²) in [6.07, 6.45) is 72.2. The van der Waals surface area contributed by atoms with Crippen molar-refractivity contribution in [2.24, 2.45) is 153 Å². The van der Waals surface area contributed by atoms with E-state index in [1.54, 1.807) is 205 Å². The van der Waals surface area contributed by atoms with Gasteiger partial charge in [0.1, 0.15) is 0 Å². The van der Waals surface area contributed by atoms with Crippen LogP contribution >= 0.6 is 0 Å². The summed E-state index contributed by atoms with van der Waals surface area (Å²) in [5, 5.41) is 0. The Balaban J connectivity index is 0.000000350. The van der Waals surface area contributed by atoms with E-state index in [-0.39, 0.29) is 0 Å². The van der Waals surface area contributed by atoms with E-state index in [1.165, 1.54) is 89.9 Å². The van der Waals surface area contributed by atoms with E-state index in [0.717, 1.165) is 153 Å². The van der Waals surface area contributed by atoms with Crippen molar-refractivity contribution in [3.8, 4) is 0 Å². The number of fused-ring (bicyclic) bond motifs is 2. The Morgan fingerprint density at radius 3 is 0.667 bits per heavy atom. The first-order valence-corrected chi connectivity index (χ1v) is 47.5. The molecule has 0 heteroatoms. The molecular formula is C96H188. The molecule has 0 aliphatic heterocycles. The van der Waals surface area contributed by atoms with Crippen LogP contribution in [-0.4, -0.2) is 0 Å². The van der Waals surface area contributed by atoms with E-state index in [0.29, 0.717) is 0 Å². The monoisotopic (exact) mass is 1340 g/mol. The summed E-state index contributed by atoms with van der Waals surface area (Å²) in [6, 6.07) is 0. The van der Waals surface area contributed by atoms with E-state index in [9.17, 15) is 0 Å². The van der Waals surface area contributed by atoms with Gasteiger partial charge in [0.25, 0.3) is 0 Å². The molecule has 0 aromatic carbocycles. The Hall–Kier alpha value is 0. The summed E-state index contributed by atoms with van der Waals surface area (Å²) < 4.78 is 0. The van der Waals surface area contributed by atoms with Crippen LogP contribution < -0.4 is 0 Å². The molecule has 0 radical (unpaired) electrons. The van der Waals surface area contributed by atoms with Crippen molar-refractivity contribution in [3.05, 3.63) is 0 Å². The third kappa shape index (κ3) is 19.2. The third-order valence-corrected chi connectivity index (χ3v) is 31.0. The van der Waals surface area contributed by atoms with Gasteiger partial charge in [-0.3, -0.25) is 0 Å². The molecule has 0 N–H and O–H groups in total. The first-order valence-electron chi connectivity index (χ1n) is 47.5. The lowest BCUT2D eigenvalue weighted by molar-refractivity contribution is -0.234. The van der Waals surface area contributed by atoms with Crippen LogP contribution in [0, 0.1) is 153 Å². The van der Waals surface area contributed by atoms with Crippen LogP contribution in [0.3, 0.4) is 0 Å². The van der Waals surface area contributed by atoms with Gasteiger partial charge < -0.3 is 0 Å². The minimum absolute atomic E-state index is 0.778. The highest BCUT2D eigenvalue weighted by Gasteiger charge is 2.76. The Bertz CT molecular complexity index is 1650. The molecule has 0 amide bonds. The van der Waals surface area contributed by atoms with Crippen molar-refractivity contribution in [3.63, 3.8) is 0 Å². The predicted molar refractivity (Wildman–Crippen MR) is 437 cm³/mol. The van der Waals surface area contributed by atoms with E-state index in [4.69, 9.17) is 0 Å². The van der Waals surface area contributed by atoms with E-state index in [1.807, 2.05) is 138 Å². The van der Waals surface area contributed by atoms with Crippen molar-refractivity contribution < 1.29 is 0 Å². The van der Waals surface area contributed by atoms with Gasteiger partial charge in [-0.05, 0) is 217 Å². The fourth-order valence-electron chi connectivity index (χ4n) is 29.9. The van der Waals surface area contributed by atoms with E-state index >= 15 is 0 Å². The first-order chi connectivity index (χ1) is 47.5. The normalized spacial score (nSPS) is 41.9. The summed E-state index contributed by atoms with van der Waals surface area (Å²) >= 11 is 0. The minimum atomic E-state index is 0.778. The van der Waals surface area contributed by atoms with Gasteiger partial charge in [0.2, 0.25) is 0 Å². The zero-order valence-corrected chi connectivity index (χ0v) is 71.4. The maximum atomic E-state index is 2.85. The third-order valence-electron chi connectivity index (χ3n) is 31.0. The van der Waals surface area contributed by atoms with Gasteiger partial charge in [0.05, 0.1) is 0 Å². The SMILES string of the molecule is C1CCCCC1.C1CCCCC1.CC.CC.CC.CC.CC.CC.CC.CC.CC.CC.CCC1C2CCCC3CC4CCCC5C(C6CCCCC6)C6CCCCC6C(C1C)(C32)C45.CCC1C2CCCC3CC4CCCC5C(C6CCCCC6)C6CCCCC6C(C1C)(C32)C45. The molecule has 16 aliphatic carbocycles. The van der Waals surface area contributed by atoms with Crippen LogP contribution in [0.25, 0.3) is 0 Å². The van der Waals surface area contributed by atoms with Crippen LogP contribution in [0.15, 0.2) is 0 Å². The summed E-state index contributed by atoms with van der Waals surface area (Å²) in [5.41, 5.74) is 1.56. The molecule has 16 saturated carbocycles. The highest BCUT2D eigenvalue weighted by molar-refractivity contribution is 5.24. The first kappa shape index (κ1) is 90.2. The Morgan fingerprint density at radius 1 is 0.208 bits per heavy atom. The van der Waals surface area contributed by atoms with Crippen LogP contribution in [0.1, 0.15) is 462 Å². The standard InChI is InChI=1S/2C32H52.2C6H12.10C2H6/c2*1-3-24-20(2)32-28-18-8-7-15-26(28)29(21-11-5-4-6-12-21)27-17-10-14-23(31(27)32)19-22-13-9-16-25(24)30(22)32;2*1-2-4-6-5-3-1;10*1-2/h2*20-31H,3-19H2,1-2H3;2*1-6H2;10*1-2H3. The molecule has 2 spiro atoms. The van der Waals surface area contributed by atoms with Crippen LogP contribution in [0.5, 0.6) is 0 Å². The molecule has 24 atom stereocenters. The van der Waals surface area contributed by atoms with Gasteiger partial charge in [-0.2, -0.15) is 0 Å². The minimum Gasteiger partial charge on any atom is -0.0683 e. The molecule has 16 aliphatic rings. The van der Waals surface area contributed by atoms with Crippen LogP contribution in [0.4, 0.5) is 0 Å². The van der Waals surface area contributed by atoms with E-state index in [2.05, 4.69) is 27.7 Å². The molecule has 96 heavy (non-hydrogen) atoms. The van der Waals surface area contributed by atoms with Gasteiger partial charge in [0.15, 0.2) is 0 Å². The summed E-state index contributed by atoms with van der Waals surface area (Å²) in [4.78, 5) is 0. The second-order valence-corrected chi connectivity index (χ2v) is 33.0. The maximum Gasteiger partial charge on any atom is -0.0171 e. The topological polar surface area (TPSA) is 0 Å². The average Bonchev–Trinajstić information content (AvgIpc) is 1.38. The molecular weight excluding hydrogens is 1150 g/mol.